The Morgan fingerprint density at radius 2 is 1.92 bits per heavy atom. The van der Waals surface area contributed by atoms with Crippen molar-refractivity contribution in [2.75, 3.05) is 36.7 Å². The van der Waals surface area contributed by atoms with Crippen LogP contribution in [0.4, 0.5) is 5.69 Å². The van der Waals surface area contributed by atoms with Gasteiger partial charge in [-0.15, -0.1) is 0 Å². The number of rotatable bonds is 4. The first-order valence-electron chi connectivity index (χ1n) is 9.93. The van der Waals surface area contributed by atoms with Crippen molar-refractivity contribution < 1.29 is 13.5 Å². The Bertz CT molecular complexity index is 764. The maximum absolute atomic E-state index is 11.9. The minimum Gasteiger partial charge on any atom is -0.387 e. The summed E-state index contributed by atoms with van der Waals surface area (Å²) in [6.07, 6.45) is 8.22. The fraction of sp³-hybridized carbons (Fsp3) is 0.700. The van der Waals surface area contributed by atoms with Crippen molar-refractivity contribution >= 4 is 15.7 Å². The van der Waals surface area contributed by atoms with Crippen LogP contribution in [0.3, 0.4) is 0 Å². The molecule has 0 aromatic heterocycles. The number of hydrogen-bond donors (Lipinski definition) is 1. The average Bonchev–Trinajstić information content (AvgIpc) is 3.05. The van der Waals surface area contributed by atoms with Gasteiger partial charge in [0.25, 0.3) is 0 Å². The van der Waals surface area contributed by atoms with Gasteiger partial charge in [-0.3, -0.25) is 4.31 Å². The first kappa shape index (κ1) is 18.3. The third-order valence-electron chi connectivity index (χ3n) is 6.55. The summed E-state index contributed by atoms with van der Waals surface area (Å²) < 4.78 is 25.2. The molecule has 2 fully saturated rings. The molecule has 3 aliphatic rings. The summed E-state index contributed by atoms with van der Waals surface area (Å²) in [5.74, 6) is 1.71. The molecule has 0 radical (unpaired) electrons. The van der Waals surface area contributed by atoms with E-state index in [0.717, 1.165) is 48.2 Å². The SMILES string of the molecule is CS(=O)(=O)N1CCc2cc([C@H](O)CN3CC[C@H]4CCCC[C@@H]4C3)ccc21. The van der Waals surface area contributed by atoms with Crippen molar-refractivity contribution in [1.29, 1.82) is 0 Å². The van der Waals surface area contributed by atoms with Crippen LogP contribution in [0, 0.1) is 11.8 Å². The normalized spacial score (nSPS) is 27.8. The molecular weight excluding hydrogens is 348 g/mol. The Hall–Kier alpha value is -1.11. The molecule has 3 atom stereocenters. The van der Waals surface area contributed by atoms with Gasteiger partial charge in [-0.1, -0.05) is 31.4 Å². The average molecular weight is 379 g/mol. The molecule has 144 valence electrons. The molecule has 5 nitrogen and oxygen atoms in total. The number of anilines is 1. The van der Waals surface area contributed by atoms with Gasteiger partial charge in [-0.05, 0) is 54.8 Å². The Kier molecular flexibility index (Phi) is 5.01. The number of hydrogen-bond acceptors (Lipinski definition) is 4. The molecule has 0 amide bonds. The number of fused-ring (bicyclic) bond motifs is 2. The van der Waals surface area contributed by atoms with E-state index in [-0.39, 0.29) is 0 Å². The molecule has 2 heterocycles. The van der Waals surface area contributed by atoms with Crippen LogP contribution in [-0.2, 0) is 16.4 Å². The summed E-state index contributed by atoms with van der Waals surface area (Å²) in [6, 6.07) is 5.74. The minimum atomic E-state index is -3.22. The summed E-state index contributed by atoms with van der Waals surface area (Å²) in [6.45, 7) is 3.39. The number of benzene rings is 1. The highest BCUT2D eigenvalue weighted by atomic mass is 32.2. The van der Waals surface area contributed by atoms with Crippen molar-refractivity contribution in [2.45, 2.75) is 44.6 Å². The molecule has 1 N–H and O–H groups in total. The molecule has 1 saturated carbocycles. The second-order valence-electron chi connectivity index (χ2n) is 8.34. The van der Waals surface area contributed by atoms with Gasteiger partial charge in [-0.25, -0.2) is 8.42 Å². The van der Waals surface area contributed by atoms with Gasteiger partial charge >= 0.3 is 0 Å². The Labute approximate surface area is 157 Å². The molecule has 2 aliphatic heterocycles. The van der Waals surface area contributed by atoms with Crippen molar-refractivity contribution in [3.63, 3.8) is 0 Å². The third-order valence-corrected chi connectivity index (χ3v) is 7.73. The highest BCUT2D eigenvalue weighted by Gasteiger charge is 2.32. The lowest BCUT2D eigenvalue weighted by molar-refractivity contribution is 0.0459. The van der Waals surface area contributed by atoms with Crippen LogP contribution in [0.25, 0.3) is 0 Å². The monoisotopic (exact) mass is 378 g/mol. The number of aliphatic hydroxyl groups excluding tert-OH is 1. The van der Waals surface area contributed by atoms with Crippen LogP contribution < -0.4 is 4.31 Å². The van der Waals surface area contributed by atoms with Gasteiger partial charge < -0.3 is 10.0 Å². The van der Waals surface area contributed by atoms with Crippen LogP contribution in [0.15, 0.2) is 18.2 Å². The molecular formula is C20H30N2O3S. The zero-order valence-corrected chi connectivity index (χ0v) is 16.4. The number of nitrogens with zero attached hydrogens (tertiary/aromatic N) is 2. The fourth-order valence-electron chi connectivity index (χ4n) is 5.14. The molecule has 4 rings (SSSR count). The standard InChI is InChI=1S/C20H30N2O3S/c1-26(24,25)22-11-9-16-12-17(6-7-19(16)22)20(23)14-21-10-8-15-4-2-3-5-18(15)13-21/h6-7,12,15,18,20,23H,2-5,8-11,13-14H2,1H3/t15-,18-,20-/m1/s1. The van der Waals surface area contributed by atoms with Crippen molar-refractivity contribution in [2.24, 2.45) is 11.8 Å². The molecule has 0 spiro atoms. The number of aliphatic hydroxyl groups is 1. The van der Waals surface area contributed by atoms with E-state index in [1.54, 1.807) is 0 Å². The van der Waals surface area contributed by atoms with Gasteiger partial charge in [0.15, 0.2) is 0 Å². The van der Waals surface area contributed by atoms with E-state index in [0.29, 0.717) is 13.1 Å². The number of sulfonamides is 1. The highest BCUT2D eigenvalue weighted by molar-refractivity contribution is 7.92. The highest BCUT2D eigenvalue weighted by Crippen LogP contribution is 2.37. The predicted molar refractivity (Wildman–Crippen MR) is 104 cm³/mol. The molecule has 1 saturated heterocycles. The van der Waals surface area contributed by atoms with Crippen LogP contribution in [0.5, 0.6) is 0 Å². The van der Waals surface area contributed by atoms with E-state index in [4.69, 9.17) is 0 Å². The van der Waals surface area contributed by atoms with Gasteiger partial charge in [-0.2, -0.15) is 0 Å². The van der Waals surface area contributed by atoms with Crippen molar-refractivity contribution in [3.8, 4) is 0 Å². The van der Waals surface area contributed by atoms with Gasteiger partial charge in [0.1, 0.15) is 0 Å². The number of likely N-dealkylation sites (tertiary alicyclic amines) is 1. The first-order valence-corrected chi connectivity index (χ1v) is 11.8. The lowest BCUT2D eigenvalue weighted by Crippen LogP contribution is -2.43. The van der Waals surface area contributed by atoms with Gasteiger partial charge in [0.2, 0.25) is 10.0 Å². The van der Waals surface area contributed by atoms with E-state index in [1.807, 2.05) is 18.2 Å². The molecule has 1 aromatic rings. The summed E-state index contributed by atoms with van der Waals surface area (Å²) in [4.78, 5) is 2.42. The Balaban J connectivity index is 1.42. The summed E-state index contributed by atoms with van der Waals surface area (Å²) in [5.41, 5.74) is 2.70. The molecule has 1 aromatic carbocycles. The maximum atomic E-state index is 11.9. The Morgan fingerprint density at radius 1 is 1.15 bits per heavy atom. The summed E-state index contributed by atoms with van der Waals surface area (Å²) in [7, 11) is -3.22. The lowest BCUT2D eigenvalue weighted by atomic mass is 9.75. The third kappa shape index (κ3) is 3.64. The van der Waals surface area contributed by atoms with Crippen molar-refractivity contribution in [3.05, 3.63) is 29.3 Å². The van der Waals surface area contributed by atoms with Gasteiger partial charge in [0, 0.05) is 19.6 Å². The summed E-state index contributed by atoms with van der Waals surface area (Å²) >= 11 is 0. The molecule has 0 unspecified atom stereocenters. The molecule has 26 heavy (non-hydrogen) atoms. The minimum absolute atomic E-state index is 0.503. The Morgan fingerprint density at radius 3 is 2.69 bits per heavy atom. The smallest absolute Gasteiger partial charge is 0.232 e. The fourth-order valence-corrected chi connectivity index (χ4v) is 6.09. The van der Waals surface area contributed by atoms with E-state index < -0.39 is 16.1 Å². The molecule has 0 bridgehead atoms. The molecule has 6 heteroatoms. The van der Waals surface area contributed by atoms with Crippen LogP contribution >= 0.6 is 0 Å². The zero-order valence-electron chi connectivity index (χ0n) is 15.6. The number of β-amino-alcohol motifs (C(OH)–C–C–N with tert-alkyl or cyclic N) is 1. The topological polar surface area (TPSA) is 60.9 Å². The van der Waals surface area contributed by atoms with Gasteiger partial charge in [0.05, 0.1) is 18.0 Å². The second-order valence-corrected chi connectivity index (χ2v) is 10.2. The van der Waals surface area contributed by atoms with E-state index >= 15 is 0 Å². The second kappa shape index (κ2) is 7.13. The van der Waals surface area contributed by atoms with Crippen LogP contribution in [-0.4, -0.2) is 50.9 Å². The summed E-state index contributed by atoms with van der Waals surface area (Å²) in [5, 5.41) is 10.8. The van der Waals surface area contributed by atoms with Crippen LogP contribution in [0.2, 0.25) is 0 Å². The number of piperidine rings is 1. The predicted octanol–water partition coefficient (Wildman–Crippen LogP) is 2.55. The van der Waals surface area contributed by atoms with E-state index in [1.165, 1.54) is 42.7 Å². The quantitative estimate of drug-likeness (QED) is 0.875. The lowest BCUT2D eigenvalue weighted by Gasteiger charge is -2.41. The molecule has 1 aliphatic carbocycles. The van der Waals surface area contributed by atoms with Crippen LogP contribution in [0.1, 0.15) is 49.3 Å². The maximum Gasteiger partial charge on any atom is 0.232 e. The van der Waals surface area contributed by atoms with Crippen molar-refractivity contribution in [1.82, 2.24) is 4.90 Å². The van der Waals surface area contributed by atoms with E-state index in [2.05, 4.69) is 4.90 Å². The first-order chi connectivity index (χ1) is 12.4. The largest absolute Gasteiger partial charge is 0.387 e. The van der Waals surface area contributed by atoms with E-state index in [9.17, 15) is 13.5 Å². The zero-order chi connectivity index (χ0) is 18.3.